The summed E-state index contributed by atoms with van der Waals surface area (Å²) in [6, 6.07) is 0.758. The molecule has 1 fully saturated rings. The Bertz CT molecular complexity index is 506. The summed E-state index contributed by atoms with van der Waals surface area (Å²) >= 11 is 0. The molecule has 6 heteroatoms. The highest BCUT2D eigenvalue weighted by Gasteiger charge is 2.16. The largest absolute Gasteiger partial charge is 0.444 e. The Balaban J connectivity index is 1.59. The van der Waals surface area contributed by atoms with Crippen LogP contribution in [0.5, 0.6) is 0 Å². The molecule has 2 N–H and O–H groups in total. The van der Waals surface area contributed by atoms with E-state index in [0.29, 0.717) is 12.4 Å². The molecule has 1 aromatic heterocycles. The molecule has 0 amide bonds. The summed E-state index contributed by atoms with van der Waals surface area (Å²) in [5, 5.41) is 6.61. The quantitative estimate of drug-likeness (QED) is 0.455. The molecule has 1 aliphatic rings. The van der Waals surface area contributed by atoms with Crippen molar-refractivity contribution in [1.82, 2.24) is 20.5 Å². The molecule has 1 aromatic rings. The number of aromatic nitrogens is 1. The van der Waals surface area contributed by atoms with Gasteiger partial charge in [0.2, 0.25) is 5.89 Å². The van der Waals surface area contributed by atoms with Gasteiger partial charge in [0.1, 0.15) is 5.76 Å². The van der Waals surface area contributed by atoms with Gasteiger partial charge >= 0.3 is 0 Å². The molecule has 6 nitrogen and oxygen atoms in total. The van der Waals surface area contributed by atoms with Gasteiger partial charge in [-0.2, -0.15) is 0 Å². The first-order valence-corrected chi connectivity index (χ1v) is 9.21. The monoisotopic (exact) mass is 335 g/mol. The van der Waals surface area contributed by atoms with Crippen molar-refractivity contribution in [1.29, 1.82) is 0 Å². The van der Waals surface area contributed by atoms with Gasteiger partial charge in [0.15, 0.2) is 5.96 Å². The lowest BCUT2D eigenvalue weighted by Gasteiger charge is -2.33. The van der Waals surface area contributed by atoms with Gasteiger partial charge < -0.3 is 20.0 Å². The van der Waals surface area contributed by atoms with Gasteiger partial charge in [-0.05, 0) is 59.5 Å². The molecular weight excluding hydrogens is 302 g/mol. The van der Waals surface area contributed by atoms with Gasteiger partial charge in [-0.25, -0.2) is 4.98 Å². The smallest absolute Gasteiger partial charge is 0.214 e. The molecule has 2 heterocycles. The molecule has 0 aliphatic carbocycles. The molecule has 0 radical (unpaired) electrons. The number of aliphatic imine (C=N–C) groups is 1. The number of unbranched alkanes of at least 4 members (excludes halogenated alkanes) is 1. The molecule has 136 valence electrons. The first-order chi connectivity index (χ1) is 11.6. The fourth-order valence-corrected chi connectivity index (χ4v) is 3.13. The first-order valence-electron chi connectivity index (χ1n) is 9.21. The summed E-state index contributed by atoms with van der Waals surface area (Å²) in [5.41, 5.74) is 0.946. The predicted molar refractivity (Wildman–Crippen MR) is 98.3 cm³/mol. The lowest BCUT2D eigenvalue weighted by atomic mass is 10.0. The third-order valence-electron chi connectivity index (χ3n) is 4.81. The molecule has 1 unspecified atom stereocenters. The normalized spacial score (nSPS) is 19.5. The minimum absolute atomic E-state index is 0.555. The van der Waals surface area contributed by atoms with Crippen molar-refractivity contribution in [2.24, 2.45) is 4.99 Å². The van der Waals surface area contributed by atoms with Crippen molar-refractivity contribution in [2.45, 2.75) is 65.5 Å². The summed E-state index contributed by atoms with van der Waals surface area (Å²) in [5.74, 6) is 2.38. The van der Waals surface area contributed by atoms with Crippen molar-refractivity contribution in [3.8, 4) is 0 Å². The molecule has 24 heavy (non-hydrogen) atoms. The van der Waals surface area contributed by atoms with Crippen LogP contribution in [0.3, 0.4) is 0 Å². The average molecular weight is 335 g/mol. The summed E-state index contributed by atoms with van der Waals surface area (Å²) in [7, 11) is 1.79. The maximum Gasteiger partial charge on any atom is 0.214 e. The van der Waals surface area contributed by atoms with Crippen LogP contribution in [0.25, 0.3) is 0 Å². The van der Waals surface area contributed by atoms with E-state index in [9.17, 15) is 0 Å². The van der Waals surface area contributed by atoms with E-state index in [2.05, 4.69) is 32.4 Å². The molecule has 0 aromatic carbocycles. The van der Waals surface area contributed by atoms with E-state index >= 15 is 0 Å². The van der Waals surface area contributed by atoms with Gasteiger partial charge in [0.25, 0.3) is 0 Å². The van der Waals surface area contributed by atoms with E-state index in [1.54, 1.807) is 7.05 Å². The zero-order chi connectivity index (χ0) is 17.4. The summed E-state index contributed by atoms with van der Waals surface area (Å²) in [6.45, 7) is 10.2. The second-order valence-electron chi connectivity index (χ2n) is 6.69. The van der Waals surface area contributed by atoms with Crippen molar-refractivity contribution in [2.75, 3.05) is 26.7 Å². The Kier molecular flexibility index (Phi) is 7.56. The van der Waals surface area contributed by atoms with Gasteiger partial charge in [0, 0.05) is 19.6 Å². The van der Waals surface area contributed by atoms with Crippen LogP contribution in [0.4, 0.5) is 0 Å². The van der Waals surface area contributed by atoms with E-state index in [0.717, 1.165) is 36.4 Å². The van der Waals surface area contributed by atoms with E-state index in [1.807, 2.05) is 13.8 Å². The fourth-order valence-electron chi connectivity index (χ4n) is 3.13. The number of hydrogen-bond donors (Lipinski definition) is 2. The van der Waals surface area contributed by atoms with E-state index in [1.165, 1.54) is 38.8 Å². The van der Waals surface area contributed by atoms with Gasteiger partial charge in [-0.3, -0.25) is 4.99 Å². The van der Waals surface area contributed by atoms with Crippen LogP contribution in [-0.2, 0) is 6.54 Å². The summed E-state index contributed by atoms with van der Waals surface area (Å²) in [4.78, 5) is 11.2. The number of nitrogens with zero attached hydrogens (tertiary/aromatic N) is 3. The van der Waals surface area contributed by atoms with Crippen LogP contribution < -0.4 is 10.6 Å². The maximum absolute atomic E-state index is 5.57. The Morgan fingerprint density at radius 1 is 1.29 bits per heavy atom. The first kappa shape index (κ1) is 18.8. The lowest BCUT2D eigenvalue weighted by molar-refractivity contribution is 0.158. The van der Waals surface area contributed by atoms with Crippen LogP contribution >= 0.6 is 0 Å². The Morgan fingerprint density at radius 3 is 2.79 bits per heavy atom. The van der Waals surface area contributed by atoms with Gasteiger partial charge in [0.05, 0.1) is 12.2 Å². The summed E-state index contributed by atoms with van der Waals surface area (Å²) in [6.07, 6.45) is 6.49. The highest BCUT2D eigenvalue weighted by Crippen LogP contribution is 2.16. The number of guanidine groups is 1. The van der Waals surface area contributed by atoms with Crippen molar-refractivity contribution < 1.29 is 4.42 Å². The average Bonchev–Trinajstić information content (AvgIpc) is 2.90. The number of oxazole rings is 1. The standard InChI is InChI=1S/C18H33N5O/c1-14-9-5-7-11-23(14)12-8-6-10-20-18(19-4)21-13-17-22-15(2)16(3)24-17/h14H,5-13H2,1-4H3,(H2,19,20,21). The molecule has 1 atom stereocenters. The molecule has 1 saturated heterocycles. The topological polar surface area (TPSA) is 65.7 Å². The maximum atomic E-state index is 5.57. The van der Waals surface area contributed by atoms with Crippen LogP contribution in [0.2, 0.25) is 0 Å². The van der Waals surface area contributed by atoms with E-state index in [4.69, 9.17) is 4.42 Å². The molecule has 1 aliphatic heterocycles. The SMILES string of the molecule is CN=C(NCCCCN1CCCCC1C)NCc1nc(C)c(C)o1. The molecule has 0 spiro atoms. The highest BCUT2D eigenvalue weighted by atomic mass is 16.4. The number of piperidine rings is 1. The van der Waals surface area contributed by atoms with E-state index in [-0.39, 0.29) is 0 Å². The number of nitrogens with one attached hydrogen (secondary N) is 2. The second kappa shape index (κ2) is 9.67. The Morgan fingerprint density at radius 2 is 2.12 bits per heavy atom. The number of aryl methyl sites for hydroxylation is 2. The highest BCUT2D eigenvalue weighted by molar-refractivity contribution is 5.79. The fraction of sp³-hybridized carbons (Fsp3) is 0.778. The zero-order valence-electron chi connectivity index (χ0n) is 15.7. The number of rotatable bonds is 7. The van der Waals surface area contributed by atoms with Crippen LogP contribution in [-0.4, -0.2) is 48.6 Å². The third kappa shape index (κ3) is 5.82. The number of likely N-dealkylation sites (tertiary alicyclic amines) is 1. The molecular formula is C18H33N5O. The van der Waals surface area contributed by atoms with Crippen LogP contribution in [0.1, 0.15) is 56.4 Å². The number of hydrogen-bond acceptors (Lipinski definition) is 4. The predicted octanol–water partition coefficient (Wildman–Crippen LogP) is 2.61. The molecule has 0 bridgehead atoms. The minimum atomic E-state index is 0.555. The van der Waals surface area contributed by atoms with Gasteiger partial charge in [-0.15, -0.1) is 0 Å². The summed E-state index contributed by atoms with van der Waals surface area (Å²) < 4.78 is 5.57. The molecule has 2 rings (SSSR count). The lowest BCUT2D eigenvalue weighted by Crippen LogP contribution is -2.39. The van der Waals surface area contributed by atoms with E-state index < -0.39 is 0 Å². The molecule has 0 saturated carbocycles. The van der Waals surface area contributed by atoms with Crippen LogP contribution in [0, 0.1) is 13.8 Å². The minimum Gasteiger partial charge on any atom is -0.444 e. The zero-order valence-corrected chi connectivity index (χ0v) is 15.7. The van der Waals surface area contributed by atoms with Gasteiger partial charge in [-0.1, -0.05) is 6.42 Å². The van der Waals surface area contributed by atoms with Crippen molar-refractivity contribution >= 4 is 5.96 Å². The second-order valence-corrected chi connectivity index (χ2v) is 6.69. The Labute approximate surface area is 146 Å². The van der Waals surface area contributed by atoms with Crippen molar-refractivity contribution in [3.05, 3.63) is 17.3 Å². The van der Waals surface area contributed by atoms with Crippen molar-refractivity contribution in [3.63, 3.8) is 0 Å². The Hall–Kier alpha value is -1.56. The third-order valence-corrected chi connectivity index (χ3v) is 4.81. The van der Waals surface area contributed by atoms with Crippen LogP contribution in [0.15, 0.2) is 9.41 Å².